The van der Waals surface area contributed by atoms with Crippen LogP contribution in [0.2, 0.25) is 0 Å². The summed E-state index contributed by atoms with van der Waals surface area (Å²) in [5.74, 6) is -0.186. The van der Waals surface area contributed by atoms with Crippen LogP contribution in [0.15, 0.2) is 35.7 Å². The molecule has 0 atom stereocenters. The Kier molecular flexibility index (Phi) is 7.63. The van der Waals surface area contributed by atoms with Crippen LogP contribution in [0, 0.1) is 0 Å². The van der Waals surface area contributed by atoms with Crippen molar-refractivity contribution in [1.82, 2.24) is 10.6 Å². The van der Waals surface area contributed by atoms with E-state index in [-0.39, 0.29) is 36.7 Å². The number of thiophene rings is 1. The third kappa shape index (κ3) is 5.92. The monoisotopic (exact) mass is 427 g/mol. The molecule has 1 aromatic carbocycles. The van der Waals surface area contributed by atoms with E-state index in [0.717, 1.165) is 25.7 Å². The van der Waals surface area contributed by atoms with Gasteiger partial charge in [0, 0.05) is 24.6 Å². The van der Waals surface area contributed by atoms with Gasteiger partial charge >= 0.3 is 0 Å². The van der Waals surface area contributed by atoms with Gasteiger partial charge in [0.15, 0.2) is 0 Å². The highest BCUT2D eigenvalue weighted by Gasteiger charge is 2.18. The lowest BCUT2D eigenvalue weighted by Gasteiger charge is -2.12. The van der Waals surface area contributed by atoms with E-state index in [1.54, 1.807) is 23.6 Å². The number of rotatable bonds is 8. The molecule has 3 amide bonds. The quantitative estimate of drug-likeness (QED) is 0.587. The van der Waals surface area contributed by atoms with Gasteiger partial charge in [-0.05, 0) is 47.9 Å². The molecule has 30 heavy (non-hydrogen) atoms. The number of hydrogen-bond donors (Lipinski definition) is 3. The molecule has 1 aliphatic carbocycles. The first-order chi connectivity index (χ1) is 14.4. The fraction of sp³-hybridized carbons (Fsp3) is 0.435. The molecule has 3 N–H and O–H groups in total. The lowest BCUT2D eigenvalue weighted by molar-refractivity contribution is -0.121. The van der Waals surface area contributed by atoms with Gasteiger partial charge in [-0.15, -0.1) is 11.3 Å². The Hall–Kier alpha value is -2.67. The Bertz CT molecular complexity index is 883. The Labute approximate surface area is 181 Å². The molecule has 6 nitrogen and oxygen atoms in total. The molecular formula is C23H29N3O3S. The maximum absolute atomic E-state index is 12.5. The van der Waals surface area contributed by atoms with Crippen LogP contribution < -0.4 is 16.0 Å². The fourth-order valence-corrected chi connectivity index (χ4v) is 4.31. The predicted octanol–water partition coefficient (Wildman–Crippen LogP) is 4.30. The Morgan fingerprint density at radius 2 is 1.73 bits per heavy atom. The molecular weight excluding hydrogens is 398 g/mol. The van der Waals surface area contributed by atoms with Crippen LogP contribution in [0.4, 0.5) is 5.00 Å². The molecule has 7 heteroatoms. The first-order valence-corrected chi connectivity index (χ1v) is 11.4. The maximum Gasteiger partial charge on any atom is 0.256 e. The predicted molar refractivity (Wildman–Crippen MR) is 120 cm³/mol. The molecule has 1 heterocycles. The van der Waals surface area contributed by atoms with E-state index >= 15 is 0 Å². The van der Waals surface area contributed by atoms with Crippen LogP contribution >= 0.6 is 11.3 Å². The number of nitrogens with one attached hydrogen (secondary N) is 3. The summed E-state index contributed by atoms with van der Waals surface area (Å²) < 4.78 is 0. The summed E-state index contributed by atoms with van der Waals surface area (Å²) in [7, 11) is 0. The van der Waals surface area contributed by atoms with E-state index < -0.39 is 0 Å². The molecule has 1 aromatic heterocycles. The highest BCUT2D eigenvalue weighted by Crippen LogP contribution is 2.24. The summed E-state index contributed by atoms with van der Waals surface area (Å²) in [6, 6.07) is 9.43. The number of hydrogen-bond acceptors (Lipinski definition) is 4. The zero-order chi connectivity index (χ0) is 21.5. The Morgan fingerprint density at radius 1 is 1.03 bits per heavy atom. The van der Waals surface area contributed by atoms with Crippen molar-refractivity contribution >= 4 is 34.1 Å². The molecule has 0 bridgehead atoms. The largest absolute Gasteiger partial charge is 0.353 e. The number of anilines is 1. The second-order valence-electron chi connectivity index (χ2n) is 7.95. The number of carbonyl (C=O) groups is 3. The first-order valence-electron chi connectivity index (χ1n) is 10.5. The topological polar surface area (TPSA) is 87.3 Å². The fourth-order valence-electron chi connectivity index (χ4n) is 3.53. The molecule has 3 rings (SSSR count). The molecule has 0 radical (unpaired) electrons. The standard InChI is InChI=1S/C23H29N3O3S/c1-15(2)16-7-9-17(10-8-16)21(28)26-23-19(12-14-30-23)22(29)24-13-11-20(27)25-18-5-3-4-6-18/h7-10,12,14-15,18H,3-6,11,13H2,1-2H3,(H,24,29)(H,25,27)(H,26,28). The van der Waals surface area contributed by atoms with Crippen molar-refractivity contribution in [2.45, 2.75) is 57.9 Å². The molecule has 1 fully saturated rings. The Morgan fingerprint density at radius 3 is 2.40 bits per heavy atom. The third-order valence-electron chi connectivity index (χ3n) is 5.33. The second-order valence-corrected chi connectivity index (χ2v) is 8.87. The van der Waals surface area contributed by atoms with Gasteiger partial charge in [-0.3, -0.25) is 14.4 Å². The van der Waals surface area contributed by atoms with Crippen LogP contribution in [0.5, 0.6) is 0 Å². The zero-order valence-electron chi connectivity index (χ0n) is 17.5. The third-order valence-corrected chi connectivity index (χ3v) is 6.16. The summed E-state index contributed by atoms with van der Waals surface area (Å²) in [6.45, 7) is 4.46. The lowest BCUT2D eigenvalue weighted by atomic mass is 10.0. The number of amides is 3. The number of benzene rings is 1. The molecule has 160 valence electrons. The van der Waals surface area contributed by atoms with Crippen LogP contribution in [-0.4, -0.2) is 30.3 Å². The zero-order valence-corrected chi connectivity index (χ0v) is 18.3. The van der Waals surface area contributed by atoms with Gasteiger partial charge in [-0.2, -0.15) is 0 Å². The minimum Gasteiger partial charge on any atom is -0.353 e. The smallest absolute Gasteiger partial charge is 0.256 e. The van der Waals surface area contributed by atoms with Crippen molar-refractivity contribution in [3.63, 3.8) is 0 Å². The minimum atomic E-state index is -0.296. The van der Waals surface area contributed by atoms with Crippen molar-refractivity contribution in [1.29, 1.82) is 0 Å². The molecule has 0 aliphatic heterocycles. The van der Waals surface area contributed by atoms with E-state index in [0.29, 0.717) is 22.0 Å². The average Bonchev–Trinajstić information content (AvgIpc) is 3.40. The summed E-state index contributed by atoms with van der Waals surface area (Å²) in [6.07, 6.45) is 4.65. The normalized spacial score (nSPS) is 14.0. The van der Waals surface area contributed by atoms with Crippen molar-refractivity contribution in [3.8, 4) is 0 Å². The van der Waals surface area contributed by atoms with Crippen LogP contribution in [-0.2, 0) is 4.79 Å². The van der Waals surface area contributed by atoms with E-state index in [4.69, 9.17) is 0 Å². The van der Waals surface area contributed by atoms with Gasteiger partial charge in [0.25, 0.3) is 11.8 Å². The second kappa shape index (κ2) is 10.4. The highest BCUT2D eigenvalue weighted by atomic mass is 32.1. The lowest BCUT2D eigenvalue weighted by Crippen LogP contribution is -2.35. The van der Waals surface area contributed by atoms with Crippen molar-refractivity contribution in [2.75, 3.05) is 11.9 Å². The van der Waals surface area contributed by atoms with E-state index in [9.17, 15) is 14.4 Å². The van der Waals surface area contributed by atoms with Crippen LogP contribution in [0.3, 0.4) is 0 Å². The van der Waals surface area contributed by atoms with Gasteiger partial charge in [-0.1, -0.05) is 38.8 Å². The van der Waals surface area contributed by atoms with E-state index in [2.05, 4.69) is 29.8 Å². The van der Waals surface area contributed by atoms with Crippen LogP contribution in [0.25, 0.3) is 0 Å². The Balaban J connectivity index is 1.50. The molecule has 0 saturated heterocycles. The number of carbonyl (C=O) groups excluding carboxylic acids is 3. The molecule has 1 saturated carbocycles. The van der Waals surface area contributed by atoms with Crippen molar-refractivity contribution in [3.05, 3.63) is 52.4 Å². The molecule has 1 aliphatic rings. The van der Waals surface area contributed by atoms with Gasteiger partial charge in [0.05, 0.1) is 5.56 Å². The van der Waals surface area contributed by atoms with Gasteiger partial charge in [-0.25, -0.2) is 0 Å². The first kappa shape index (κ1) is 22.0. The summed E-state index contributed by atoms with van der Waals surface area (Å²) >= 11 is 1.30. The molecule has 0 unspecified atom stereocenters. The summed E-state index contributed by atoms with van der Waals surface area (Å²) in [5, 5.41) is 10.9. The highest BCUT2D eigenvalue weighted by molar-refractivity contribution is 7.14. The summed E-state index contributed by atoms with van der Waals surface area (Å²) in [4.78, 5) is 37.0. The van der Waals surface area contributed by atoms with Gasteiger partial charge < -0.3 is 16.0 Å². The summed E-state index contributed by atoms with van der Waals surface area (Å²) in [5.41, 5.74) is 2.12. The van der Waals surface area contributed by atoms with E-state index in [1.165, 1.54) is 16.9 Å². The van der Waals surface area contributed by atoms with Crippen molar-refractivity contribution in [2.24, 2.45) is 0 Å². The SMILES string of the molecule is CC(C)c1ccc(C(=O)Nc2sccc2C(=O)NCCC(=O)NC2CCCC2)cc1. The van der Waals surface area contributed by atoms with E-state index in [1.807, 2.05) is 12.1 Å². The van der Waals surface area contributed by atoms with Gasteiger partial charge in [0.2, 0.25) is 5.91 Å². The van der Waals surface area contributed by atoms with Gasteiger partial charge in [0.1, 0.15) is 5.00 Å². The molecule has 0 spiro atoms. The maximum atomic E-state index is 12.5. The average molecular weight is 428 g/mol. The van der Waals surface area contributed by atoms with Crippen LogP contribution in [0.1, 0.15) is 78.1 Å². The van der Waals surface area contributed by atoms with Crippen molar-refractivity contribution < 1.29 is 14.4 Å². The molecule has 2 aromatic rings. The minimum absolute atomic E-state index is 0.0362.